The van der Waals surface area contributed by atoms with Gasteiger partial charge in [0.25, 0.3) is 0 Å². The van der Waals surface area contributed by atoms with Crippen LogP contribution < -0.4 is 0 Å². The van der Waals surface area contributed by atoms with E-state index >= 15 is 0 Å². The average molecular weight is 363 g/mol. The molecule has 5 nitrogen and oxygen atoms in total. The van der Waals surface area contributed by atoms with Crippen molar-refractivity contribution < 1.29 is 23.8 Å². The number of ether oxygens (including phenoxy) is 1. The van der Waals surface area contributed by atoms with E-state index in [0.717, 1.165) is 18.4 Å². The number of carbonyl (C=O) groups excluding carboxylic acids is 1. The van der Waals surface area contributed by atoms with Crippen LogP contribution in [-0.4, -0.2) is 47.7 Å². The summed E-state index contributed by atoms with van der Waals surface area (Å²) < 4.78 is 18.9. The van der Waals surface area contributed by atoms with Crippen LogP contribution in [0.15, 0.2) is 24.3 Å². The van der Waals surface area contributed by atoms with Crippen molar-refractivity contribution in [2.75, 3.05) is 19.7 Å². The lowest BCUT2D eigenvalue weighted by molar-refractivity contribution is -0.146. The number of carboxylic acid groups (broad SMARTS) is 1. The number of nitrogens with zero attached hydrogens (tertiary/aromatic N) is 1. The SMILES string of the molecule is CC(C)(C(=O)N1CCC([C@@H]2OCCC2C(=O)O)CC1)c1ccc(F)cc1. The van der Waals surface area contributed by atoms with Gasteiger partial charge in [-0.2, -0.15) is 0 Å². The van der Waals surface area contributed by atoms with Crippen molar-refractivity contribution in [3.8, 4) is 0 Å². The molecule has 0 saturated carbocycles. The summed E-state index contributed by atoms with van der Waals surface area (Å²) in [4.78, 5) is 26.2. The van der Waals surface area contributed by atoms with Gasteiger partial charge in [0.15, 0.2) is 0 Å². The van der Waals surface area contributed by atoms with Gasteiger partial charge in [0.05, 0.1) is 17.4 Å². The first-order valence-electron chi connectivity index (χ1n) is 9.20. The zero-order valence-corrected chi connectivity index (χ0v) is 15.3. The Morgan fingerprint density at radius 3 is 2.35 bits per heavy atom. The number of carbonyl (C=O) groups is 2. The molecule has 0 aliphatic carbocycles. The Labute approximate surface area is 153 Å². The number of hydrogen-bond donors (Lipinski definition) is 1. The molecule has 2 aliphatic heterocycles. The number of halogens is 1. The average Bonchev–Trinajstić information content (AvgIpc) is 3.11. The minimum absolute atomic E-state index is 0.0182. The number of likely N-dealkylation sites (tertiary alicyclic amines) is 1. The van der Waals surface area contributed by atoms with Crippen LogP contribution in [0.1, 0.15) is 38.7 Å². The Hall–Kier alpha value is -1.95. The summed E-state index contributed by atoms with van der Waals surface area (Å²) in [5.41, 5.74) is 0.0599. The zero-order valence-electron chi connectivity index (χ0n) is 15.3. The van der Waals surface area contributed by atoms with E-state index in [2.05, 4.69) is 0 Å². The number of amides is 1. The Morgan fingerprint density at radius 2 is 1.77 bits per heavy atom. The number of carboxylic acids is 1. The van der Waals surface area contributed by atoms with E-state index in [9.17, 15) is 19.1 Å². The van der Waals surface area contributed by atoms with Crippen LogP contribution in [0.4, 0.5) is 4.39 Å². The second-order valence-electron chi connectivity index (χ2n) is 7.83. The minimum atomic E-state index is -0.788. The van der Waals surface area contributed by atoms with Gasteiger partial charge in [-0.05, 0) is 56.7 Å². The van der Waals surface area contributed by atoms with E-state index in [-0.39, 0.29) is 23.7 Å². The predicted molar refractivity (Wildman–Crippen MR) is 94.2 cm³/mol. The van der Waals surface area contributed by atoms with Crippen LogP contribution in [0.5, 0.6) is 0 Å². The third-order valence-electron chi connectivity index (χ3n) is 5.84. The van der Waals surface area contributed by atoms with Crippen LogP contribution in [-0.2, 0) is 19.7 Å². The Kier molecular flexibility index (Phi) is 5.32. The van der Waals surface area contributed by atoms with Crippen molar-refractivity contribution in [1.29, 1.82) is 0 Å². The summed E-state index contributed by atoms with van der Waals surface area (Å²) in [5.74, 6) is -1.34. The van der Waals surface area contributed by atoms with Crippen molar-refractivity contribution in [2.45, 2.75) is 44.6 Å². The first kappa shape index (κ1) is 18.8. The molecule has 0 aromatic heterocycles. The van der Waals surface area contributed by atoms with E-state index in [0.29, 0.717) is 26.1 Å². The highest BCUT2D eigenvalue weighted by molar-refractivity contribution is 5.87. The summed E-state index contributed by atoms with van der Waals surface area (Å²) in [6, 6.07) is 6.06. The van der Waals surface area contributed by atoms with Crippen LogP contribution in [0, 0.1) is 17.7 Å². The first-order valence-corrected chi connectivity index (χ1v) is 9.20. The number of aliphatic carboxylic acids is 1. The molecule has 2 saturated heterocycles. The summed E-state index contributed by atoms with van der Waals surface area (Å²) in [6.07, 6.45) is 1.82. The summed E-state index contributed by atoms with van der Waals surface area (Å²) in [7, 11) is 0. The number of rotatable bonds is 4. The monoisotopic (exact) mass is 363 g/mol. The third kappa shape index (κ3) is 3.61. The van der Waals surface area contributed by atoms with Crippen molar-refractivity contribution in [3.63, 3.8) is 0 Å². The molecule has 142 valence electrons. The number of benzene rings is 1. The standard InChI is InChI=1S/C20H26FNO4/c1-20(2,14-3-5-15(21)6-4-14)19(25)22-10-7-13(8-11-22)17-16(18(23)24)9-12-26-17/h3-6,13,16-17H,7-12H2,1-2H3,(H,23,24)/t16?,17-/m0/s1. The van der Waals surface area contributed by atoms with Crippen molar-refractivity contribution >= 4 is 11.9 Å². The Bertz CT molecular complexity index is 665. The topological polar surface area (TPSA) is 66.8 Å². The van der Waals surface area contributed by atoms with Gasteiger partial charge < -0.3 is 14.7 Å². The van der Waals surface area contributed by atoms with E-state index in [1.807, 2.05) is 18.7 Å². The molecule has 1 unspecified atom stereocenters. The van der Waals surface area contributed by atoms with Gasteiger partial charge in [0.1, 0.15) is 5.82 Å². The summed E-state index contributed by atoms with van der Waals surface area (Å²) in [6.45, 7) is 5.41. The molecule has 2 aliphatic rings. The fourth-order valence-corrected chi connectivity index (χ4v) is 4.16. The molecule has 6 heteroatoms. The quantitative estimate of drug-likeness (QED) is 0.893. The van der Waals surface area contributed by atoms with Gasteiger partial charge in [0.2, 0.25) is 5.91 Å². The predicted octanol–water partition coefficient (Wildman–Crippen LogP) is 2.83. The Balaban J connectivity index is 1.63. The molecule has 0 radical (unpaired) electrons. The smallest absolute Gasteiger partial charge is 0.309 e. The lowest BCUT2D eigenvalue weighted by atomic mass is 9.80. The molecule has 1 N–H and O–H groups in total. The largest absolute Gasteiger partial charge is 0.481 e. The fraction of sp³-hybridized carbons (Fsp3) is 0.600. The molecule has 26 heavy (non-hydrogen) atoms. The molecule has 0 bridgehead atoms. The molecule has 2 fully saturated rings. The van der Waals surface area contributed by atoms with Crippen molar-refractivity contribution in [3.05, 3.63) is 35.6 Å². The van der Waals surface area contributed by atoms with E-state index in [1.54, 1.807) is 12.1 Å². The van der Waals surface area contributed by atoms with Crippen LogP contribution >= 0.6 is 0 Å². The van der Waals surface area contributed by atoms with Crippen molar-refractivity contribution in [1.82, 2.24) is 4.90 Å². The molecule has 1 aromatic carbocycles. The van der Waals surface area contributed by atoms with Gasteiger partial charge in [-0.1, -0.05) is 12.1 Å². The fourth-order valence-electron chi connectivity index (χ4n) is 4.16. The molecular weight excluding hydrogens is 337 g/mol. The van der Waals surface area contributed by atoms with Gasteiger partial charge in [-0.25, -0.2) is 4.39 Å². The normalized spacial score (nSPS) is 24.7. The highest BCUT2D eigenvalue weighted by Crippen LogP contribution is 2.35. The maximum Gasteiger partial charge on any atom is 0.309 e. The van der Waals surface area contributed by atoms with Crippen LogP contribution in [0.3, 0.4) is 0 Å². The lowest BCUT2D eigenvalue weighted by Crippen LogP contribution is -2.49. The molecule has 0 spiro atoms. The van der Waals surface area contributed by atoms with Crippen molar-refractivity contribution in [2.24, 2.45) is 11.8 Å². The summed E-state index contributed by atoms with van der Waals surface area (Å²) in [5, 5.41) is 9.34. The van der Waals surface area contributed by atoms with Crippen LogP contribution in [0.25, 0.3) is 0 Å². The molecule has 2 heterocycles. The first-order chi connectivity index (χ1) is 12.3. The van der Waals surface area contributed by atoms with E-state index < -0.39 is 17.3 Å². The summed E-state index contributed by atoms with van der Waals surface area (Å²) >= 11 is 0. The second kappa shape index (κ2) is 7.35. The minimum Gasteiger partial charge on any atom is -0.481 e. The van der Waals surface area contributed by atoms with Gasteiger partial charge in [0, 0.05) is 19.7 Å². The second-order valence-corrected chi connectivity index (χ2v) is 7.83. The molecule has 2 atom stereocenters. The maximum absolute atomic E-state index is 13.2. The van der Waals surface area contributed by atoms with Gasteiger partial charge >= 0.3 is 5.97 Å². The number of hydrogen-bond acceptors (Lipinski definition) is 3. The highest BCUT2D eigenvalue weighted by Gasteiger charge is 2.42. The highest BCUT2D eigenvalue weighted by atomic mass is 19.1. The molecular formula is C20H26FNO4. The molecule has 1 amide bonds. The van der Waals surface area contributed by atoms with E-state index in [1.165, 1.54) is 12.1 Å². The lowest BCUT2D eigenvalue weighted by Gasteiger charge is -2.39. The zero-order chi connectivity index (χ0) is 18.9. The molecule has 1 aromatic rings. The van der Waals surface area contributed by atoms with Crippen LogP contribution in [0.2, 0.25) is 0 Å². The van der Waals surface area contributed by atoms with Gasteiger partial charge in [-0.15, -0.1) is 0 Å². The third-order valence-corrected chi connectivity index (χ3v) is 5.84. The van der Waals surface area contributed by atoms with Gasteiger partial charge in [-0.3, -0.25) is 9.59 Å². The Morgan fingerprint density at radius 1 is 1.15 bits per heavy atom. The molecule has 3 rings (SSSR count). The maximum atomic E-state index is 13.2. The number of piperidine rings is 1. The van der Waals surface area contributed by atoms with E-state index in [4.69, 9.17) is 4.74 Å².